The molecule has 9 heteroatoms. The number of rotatable bonds is 3. The number of nitrogens with zero attached hydrogens (tertiary/aromatic N) is 7. The predicted molar refractivity (Wildman–Crippen MR) is 128 cm³/mol. The van der Waals surface area contributed by atoms with Crippen LogP contribution in [0.1, 0.15) is 36.0 Å². The van der Waals surface area contributed by atoms with E-state index in [9.17, 15) is 9.59 Å². The van der Waals surface area contributed by atoms with Gasteiger partial charge in [0.25, 0.3) is 5.91 Å². The van der Waals surface area contributed by atoms with Crippen LogP contribution in [-0.2, 0) is 4.79 Å². The molecule has 2 aromatic heterocycles. The maximum Gasteiger partial charge on any atom is 0.255 e. The largest absolute Gasteiger partial charge is 0.356 e. The summed E-state index contributed by atoms with van der Waals surface area (Å²) < 4.78 is 0. The maximum atomic E-state index is 13.1. The molecule has 34 heavy (non-hydrogen) atoms. The normalized spacial score (nSPS) is 26.9. The van der Waals surface area contributed by atoms with Crippen LogP contribution in [0.5, 0.6) is 0 Å². The molecule has 0 N–H and O–H groups in total. The standard InChI is InChI=1S/C25H31N7O2/c33-23-4-1-3-21-20-13-18(16-32(21)23)15-31(17-20)22-6-5-19(14-28-22)24(34)29-9-11-30(12-10-29)25-26-7-2-8-27-25/h2,5-8,14,18,20-21H,1,3-4,9-13,15-17H2/t18-,20-,21-/m1/s1. The van der Waals surface area contributed by atoms with E-state index in [2.05, 4.69) is 24.7 Å². The number of carbonyl (C=O) groups is 2. The Labute approximate surface area is 199 Å². The first-order valence-electron chi connectivity index (χ1n) is 12.5. The Kier molecular flexibility index (Phi) is 5.55. The third kappa shape index (κ3) is 3.97. The van der Waals surface area contributed by atoms with Crippen molar-refractivity contribution >= 4 is 23.6 Å². The first-order chi connectivity index (χ1) is 16.7. The summed E-state index contributed by atoms with van der Waals surface area (Å²) in [5, 5.41) is 0. The molecule has 0 aliphatic carbocycles. The summed E-state index contributed by atoms with van der Waals surface area (Å²) in [7, 11) is 0. The Hall–Kier alpha value is -3.23. The summed E-state index contributed by atoms with van der Waals surface area (Å²) in [6.07, 6.45) is 9.28. The molecule has 2 amide bonds. The molecule has 9 nitrogen and oxygen atoms in total. The molecule has 0 spiro atoms. The number of piperazine rings is 1. The van der Waals surface area contributed by atoms with E-state index in [1.54, 1.807) is 18.6 Å². The van der Waals surface area contributed by atoms with E-state index in [-0.39, 0.29) is 5.91 Å². The Morgan fingerprint density at radius 2 is 1.76 bits per heavy atom. The van der Waals surface area contributed by atoms with Gasteiger partial charge in [-0.1, -0.05) is 0 Å². The number of hydrogen-bond acceptors (Lipinski definition) is 7. The highest BCUT2D eigenvalue weighted by molar-refractivity contribution is 5.94. The van der Waals surface area contributed by atoms with Gasteiger partial charge in [0, 0.05) is 76.9 Å². The van der Waals surface area contributed by atoms with Gasteiger partial charge in [0.2, 0.25) is 11.9 Å². The second kappa shape index (κ2) is 8.85. The Morgan fingerprint density at radius 1 is 0.941 bits per heavy atom. The monoisotopic (exact) mass is 461 g/mol. The number of aromatic nitrogens is 3. The number of pyridine rings is 1. The minimum Gasteiger partial charge on any atom is -0.356 e. The van der Waals surface area contributed by atoms with Gasteiger partial charge >= 0.3 is 0 Å². The molecule has 4 aliphatic rings. The molecule has 2 bridgehead atoms. The fourth-order valence-electron chi connectivity index (χ4n) is 6.24. The average molecular weight is 462 g/mol. The van der Waals surface area contributed by atoms with Crippen molar-refractivity contribution < 1.29 is 9.59 Å². The van der Waals surface area contributed by atoms with Crippen LogP contribution in [0.15, 0.2) is 36.8 Å². The zero-order valence-corrected chi connectivity index (χ0v) is 19.4. The van der Waals surface area contributed by atoms with E-state index in [4.69, 9.17) is 4.98 Å². The first kappa shape index (κ1) is 21.3. The third-order valence-electron chi connectivity index (χ3n) is 7.90. The summed E-state index contributed by atoms with van der Waals surface area (Å²) in [6.45, 7) is 5.48. The molecule has 0 radical (unpaired) electrons. The first-order valence-corrected chi connectivity index (χ1v) is 12.5. The van der Waals surface area contributed by atoms with Gasteiger partial charge in [-0.25, -0.2) is 15.0 Å². The highest BCUT2D eigenvalue weighted by Crippen LogP contribution is 2.38. The second-order valence-electron chi connectivity index (χ2n) is 10.0. The molecular weight excluding hydrogens is 430 g/mol. The van der Waals surface area contributed by atoms with Crippen molar-refractivity contribution in [3.63, 3.8) is 0 Å². The molecule has 0 aromatic carbocycles. The zero-order chi connectivity index (χ0) is 23.1. The number of anilines is 2. The molecule has 6 heterocycles. The van der Waals surface area contributed by atoms with Gasteiger partial charge < -0.3 is 19.6 Å². The third-order valence-corrected chi connectivity index (χ3v) is 7.90. The van der Waals surface area contributed by atoms with E-state index >= 15 is 0 Å². The van der Waals surface area contributed by atoms with Crippen molar-refractivity contribution in [1.29, 1.82) is 0 Å². The minimum atomic E-state index is 0.0274. The van der Waals surface area contributed by atoms with Gasteiger partial charge in [-0.15, -0.1) is 0 Å². The van der Waals surface area contributed by atoms with Crippen LogP contribution in [0, 0.1) is 11.8 Å². The van der Waals surface area contributed by atoms with Gasteiger partial charge in [0.15, 0.2) is 0 Å². The second-order valence-corrected chi connectivity index (χ2v) is 10.0. The SMILES string of the molecule is O=C(c1ccc(N2C[C@H]3C[C@H](C2)[C@H]2CCCC(=O)N2C3)nc1)N1CCN(c2ncccn2)CC1. The number of hydrogen-bond donors (Lipinski definition) is 0. The number of piperidine rings is 3. The van der Waals surface area contributed by atoms with E-state index in [0.29, 0.717) is 54.8 Å². The van der Waals surface area contributed by atoms with Crippen molar-refractivity contribution in [2.45, 2.75) is 31.7 Å². The van der Waals surface area contributed by atoms with Crippen molar-refractivity contribution in [3.05, 3.63) is 42.4 Å². The number of fused-ring (bicyclic) bond motifs is 4. The Bertz CT molecular complexity index is 1040. The number of carbonyl (C=O) groups excluding carboxylic acids is 2. The molecule has 4 aliphatic heterocycles. The van der Waals surface area contributed by atoms with Crippen molar-refractivity contribution in [2.24, 2.45) is 11.8 Å². The van der Waals surface area contributed by atoms with Crippen molar-refractivity contribution in [3.8, 4) is 0 Å². The van der Waals surface area contributed by atoms with Crippen LogP contribution >= 0.6 is 0 Å². The molecule has 4 saturated heterocycles. The minimum absolute atomic E-state index is 0.0274. The summed E-state index contributed by atoms with van der Waals surface area (Å²) in [5.41, 5.74) is 0.634. The number of amides is 2. The van der Waals surface area contributed by atoms with Crippen LogP contribution in [-0.4, -0.2) is 88.4 Å². The van der Waals surface area contributed by atoms with E-state index in [1.807, 2.05) is 23.1 Å². The van der Waals surface area contributed by atoms with Gasteiger partial charge in [-0.2, -0.15) is 0 Å². The fourth-order valence-corrected chi connectivity index (χ4v) is 6.24. The lowest BCUT2D eigenvalue weighted by Gasteiger charge is -2.52. The van der Waals surface area contributed by atoms with Gasteiger partial charge in [0.05, 0.1) is 5.56 Å². The molecule has 0 saturated carbocycles. The molecular formula is C25H31N7O2. The maximum absolute atomic E-state index is 13.1. The lowest BCUT2D eigenvalue weighted by atomic mass is 9.76. The molecule has 2 aromatic rings. The highest BCUT2D eigenvalue weighted by atomic mass is 16.2. The molecule has 178 valence electrons. The fraction of sp³-hybridized carbons (Fsp3) is 0.560. The van der Waals surface area contributed by atoms with Crippen molar-refractivity contribution in [1.82, 2.24) is 24.8 Å². The summed E-state index contributed by atoms with van der Waals surface area (Å²) in [6, 6.07) is 6.10. The topological polar surface area (TPSA) is 85.8 Å². The van der Waals surface area contributed by atoms with Gasteiger partial charge in [0.1, 0.15) is 5.82 Å². The lowest BCUT2D eigenvalue weighted by molar-refractivity contribution is -0.142. The van der Waals surface area contributed by atoms with Crippen LogP contribution in [0.3, 0.4) is 0 Å². The van der Waals surface area contributed by atoms with Crippen LogP contribution < -0.4 is 9.80 Å². The van der Waals surface area contributed by atoms with Crippen molar-refractivity contribution in [2.75, 3.05) is 55.6 Å². The quantitative estimate of drug-likeness (QED) is 0.687. The van der Waals surface area contributed by atoms with Crippen LogP contribution in [0.25, 0.3) is 0 Å². The smallest absolute Gasteiger partial charge is 0.255 e. The highest BCUT2D eigenvalue weighted by Gasteiger charge is 2.44. The summed E-state index contributed by atoms with van der Waals surface area (Å²) >= 11 is 0. The lowest BCUT2D eigenvalue weighted by Crippen LogP contribution is -2.60. The zero-order valence-electron chi connectivity index (χ0n) is 19.4. The van der Waals surface area contributed by atoms with Crippen LogP contribution in [0.2, 0.25) is 0 Å². The molecule has 0 unspecified atom stereocenters. The average Bonchev–Trinajstić information content (AvgIpc) is 2.89. The predicted octanol–water partition coefficient (Wildman–Crippen LogP) is 1.67. The van der Waals surface area contributed by atoms with E-state index < -0.39 is 0 Å². The van der Waals surface area contributed by atoms with Gasteiger partial charge in [-0.3, -0.25) is 9.59 Å². The summed E-state index contributed by atoms with van der Waals surface area (Å²) in [5.74, 6) is 3.05. The van der Waals surface area contributed by atoms with Gasteiger partial charge in [-0.05, 0) is 49.3 Å². The van der Waals surface area contributed by atoms with Crippen LogP contribution in [0.4, 0.5) is 11.8 Å². The summed E-state index contributed by atoms with van der Waals surface area (Å²) in [4.78, 5) is 47.3. The molecule has 4 fully saturated rings. The molecule has 6 rings (SSSR count). The Balaban J connectivity index is 1.08. The van der Waals surface area contributed by atoms with E-state index in [1.165, 1.54) is 6.42 Å². The Morgan fingerprint density at radius 3 is 2.53 bits per heavy atom. The van der Waals surface area contributed by atoms with E-state index in [0.717, 1.165) is 51.4 Å². The molecule has 3 atom stereocenters.